The Balaban J connectivity index is 2.88. The first-order chi connectivity index (χ1) is 7.69. The zero-order valence-electron chi connectivity index (χ0n) is 9.44. The lowest BCUT2D eigenvalue weighted by atomic mass is 10.2. The summed E-state index contributed by atoms with van der Waals surface area (Å²) < 4.78 is 10.1. The molecule has 0 saturated heterocycles. The summed E-state index contributed by atoms with van der Waals surface area (Å²) in [6.07, 6.45) is -0.984. The van der Waals surface area contributed by atoms with Crippen LogP contribution < -0.4 is 10.5 Å². The summed E-state index contributed by atoms with van der Waals surface area (Å²) in [7, 11) is 0. The van der Waals surface area contributed by atoms with Gasteiger partial charge in [-0.1, -0.05) is 11.3 Å². The Hall–Kier alpha value is -1.15. The predicted octanol–water partition coefficient (Wildman–Crippen LogP) is 2.32. The number of hydrogen-bond acceptors (Lipinski definition) is 6. The van der Waals surface area contributed by atoms with Crippen molar-refractivity contribution in [3.63, 3.8) is 0 Å². The molecule has 1 rings (SSSR count). The van der Waals surface area contributed by atoms with Gasteiger partial charge in [0.2, 0.25) is 0 Å². The van der Waals surface area contributed by atoms with E-state index in [4.69, 9.17) is 10.5 Å². The van der Waals surface area contributed by atoms with Crippen molar-refractivity contribution in [1.82, 2.24) is 4.98 Å². The van der Waals surface area contributed by atoms with Gasteiger partial charge in [0, 0.05) is 0 Å². The van der Waals surface area contributed by atoms with Crippen LogP contribution in [-0.4, -0.2) is 22.6 Å². The van der Waals surface area contributed by atoms with Gasteiger partial charge in [0.1, 0.15) is 9.39 Å². The highest BCUT2D eigenvalue weighted by Gasteiger charge is 2.24. The van der Waals surface area contributed by atoms with Crippen molar-refractivity contribution in [1.29, 1.82) is 0 Å². The summed E-state index contributed by atoms with van der Waals surface area (Å²) in [5, 5.41) is -0.00904. The van der Waals surface area contributed by atoms with Crippen molar-refractivity contribution >= 4 is 39.3 Å². The van der Waals surface area contributed by atoms with E-state index in [1.165, 1.54) is 0 Å². The molecule has 6 nitrogen and oxygen atoms in total. The maximum absolute atomic E-state index is 11.7. The SMILES string of the molecule is CC(C)(C)OC(=O)c1nc(OC(N)=O)sc1Br. The number of amides is 1. The molecule has 1 heterocycles. The number of ether oxygens (including phenoxy) is 2. The van der Waals surface area contributed by atoms with Gasteiger partial charge in [-0.2, -0.15) is 4.98 Å². The third-order valence-corrected chi connectivity index (χ3v) is 2.93. The van der Waals surface area contributed by atoms with Crippen molar-refractivity contribution in [3.05, 3.63) is 9.48 Å². The second-order valence-corrected chi connectivity index (χ2v) is 6.30. The number of aromatic nitrogens is 1. The van der Waals surface area contributed by atoms with E-state index in [1.54, 1.807) is 20.8 Å². The van der Waals surface area contributed by atoms with Gasteiger partial charge < -0.3 is 15.2 Å². The molecule has 0 radical (unpaired) electrons. The second kappa shape index (κ2) is 5.01. The average Bonchev–Trinajstić information content (AvgIpc) is 2.42. The Bertz CT molecular complexity index is 452. The number of hydrogen-bond donors (Lipinski definition) is 1. The van der Waals surface area contributed by atoms with E-state index in [0.29, 0.717) is 3.79 Å². The minimum Gasteiger partial charge on any atom is -0.455 e. The zero-order chi connectivity index (χ0) is 13.2. The van der Waals surface area contributed by atoms with Crippen LogP contribution in [0.5, 0.6) is 5.19 Å². The number of primary amides is 1. The van der Waals surface area contributed by atoms with E-state index in [2.05, 4.69) is 25.7 Å². The van der Waals surface area contributed by atoms with Crippen LogP contribution in [0.25, 0.3) is 0 Å². The number of nitrogens with zero attached hydrogens (tertiary/aromatic N) is 1. The fourth-order valence-electron chi connectivity index (χ4n) is 0.865. The molecule has 0 aliphatic heterocycles. The normalized spacial score (nSPS) is 11.1. The van der Waals surface area contributed by atoms with Gasteiger partial charge in [0.25, 0.3) is 5.19 Å². The first-order valence-electron chi connectivity index (χ1n) is 4.56. The Kier molecular flexibility index (Phi) is 4.10. The van der Waals surface area contributed by atoms with Gasteiger partial charge in [-0.05, 0) is 36.7 Å². The quantitative estimate of drug-likeness (QED) is 0.843. The Morgan fingerprint density at radius 3 is 2.47 bits per heavy atom. The van der Waals surface area contributed by atoms with Crippen molar-refractivity contribution in [2.45, 2.75) is 26.4 Å². The molecular weight excluding hydrogens is 312 g/mol. The maximum Gasteiger partial charge on any atom is 0.411 e. The van der Waals surface area contributed by atoms with Crippen molar-refractivity contribution in [3.8, 4) is 5.19 Å². The van der Waals surface area contributed by atoms with Crippen molar-refractivity contribution in [2.24, 2.45) is 5.73 Å². The molecule has 94 valence electrons. The van der Waals surface area contributed by atoms with Crippen LogP contribution in [0.3, 0.4) is 0 Å². The monoisotopic (exact) mass is 322 g/mol. The van der Waals surface area contributed by atoms with E-state index >= 15 is 0 Å². The summed E-state index contributed by atoms with van der Waals surface area (Å²) in [6, 6.07) is 0. The van der Waals surface area contributed by atoms with Crippen molar-refractivity contribution in [2.75, 3.05) is 0 Å². The summed E-state index contributed by atoms with van der Waals surface area (Å²) in [5.74, 6) is -0.597. The van der Waals surface area contributed by atoms with Gasteiger partial charge in [0.05, 0.1) is 0 Å². The lowest BCUT2D eigenvalue weighted by Crippen LogP contribution is -2.24. The lowest BCUT2D eigenvalue weighted by Gasteiger charge is -2.18. The molecule has 0 aromatic carbocycles. The van der Waals surface area contributed by atoms with Gasteiger partial charge in [-0.25, -0.2) is 9.59 Å². The molecule has 0 atom stereocenters. The summed E-state index contributed by atoms with van der Waals surface area (Å²) in [5.41, 5.74) is 4.27. The Morgan fingerprint density at radius 1 is 1.41 bits per heavy atom. The van der Waals surface area contributed by atoms with E-state index in [9.17, 15) is 9.59 Å². The predicted molar refractivity (Wildman–Crippen MR) is 65.2 cm³/mol. The summed E-state index contributed by atoms with van der Waals surface area (Å²) >= 11 is 4.12. The van der Waals surface area contributed by atoms with E-state index in [-0.39, 0.29) is 10.9 Å². The van der Waals surface area contributed by atoms with Crippen LogP contribution in [0.1, 0.15) is 31.3 Å². The van der Waals surface area contributed by atoms with Gasteiger partial charge in [-0.3, -0.25) is 0 Å². The minimum atomic E-state index is -0.984. The first-order valence-corrected chi connectivity index (χ1v) is 6.17. The topological polar surface area (TPSA) is 91.5 Å². The molecule has 0 aliphatic carbocycles. The van der Waals surface area contributed by atoms with Gasteiger partial charge in [-0.15, -0.1) is 0 Å². The molecule has 2 N–H and O–H groups in total. The standard InChI is InChI=1S/C9H11BrN2O4S/c1-9(2,3)16-6(13)4-5(10)17-8(12-4)15-7(11)14/h1-3H3,(H2,11,14). The number of rotatable bonds is 2. The number of carbonyl (C=O) groups is 2. The Morgan fingerprint density at radius 2 is 2.00 bits per heavy atom. The second-order valence-electron chi connectivity index (χ2n) is 4.03. The molecular formula is C9H11BrN2O4S. The molecule has 0 aliphatic rings. The van der Waals surface area contributed by atoms with Crippen LogP contribution in [0.4, 0.5) is 4.79 Å². The van der Waals surface area contributed by atoms with Crippen LogP contribution in [0.2, 0.25) is 0 Å². The van der Waals surface area contributed by atoms with Crippen molar-refractivity contribution < 1.29 is 19.1 Å². The summed E-state index contributed by atoms with van der Waals surface area (Å²) in [6.45, 7) is 5.23. The van der Waals surface area contributed by atoms with Crippen LogP contribution in [0.15, 0.2) is 3.79 Å². The highest BCUT2D eigenvalue weighted by atomic mass is 79.9. The third kappa shape index (κ3) is 4.31. The van der Waals surface area contributed by atoms with Gasteiger partial charge in [0.15, 0.2) is 5.69 Å². The Labute approximate surface area is 110 Å². The van der Waals surface area contributed by atoms with Crippen LogP contribution >= 0.6 is 27.3 Å². The number of esters is 1. The smallest absolute Gasteiger partial charge is 0.411 e. The third-order valence-electron chi connectivity index (χ3n) is 1.35. The number of carbonyl (C=O) groups excluding carboxylic acids is 2. The molecule has 8 heteroatoms. The maximum atomic E-state index is 11.7. The van der Waals surface area contributed by atoms with E-state index in [0.717, 1.165) is 11.3 Å². The van der Waals surface area contributed by atoms with E-state index in [1.807, 2.05) is 0 Å². The molecule has 0 unspecified atom stereocenters. The lowest BCUT2D eigenvalue weighted by molar-refractivity contribution is 0.00620. The van der Waals surface area contributed by atoms with E-state index < -0.39 is 17.7 Å². The summed E-state index contributed by atoms with van der Waals surface area (Å²) in [4.78, 5) is 26.0. The number of nitrogens with two attached hydrogens (primary N) is 1. The minimum absolute atomic E-state index is 0.00904. The molecule has 0 fully saturated rings. The largest absolute Gasteiger partial charge is 0.455 e. The van der Waals surface area contributed by atoms with Crippen LogP contribution in [-0.2, 0) is 4.74 Å². The number of halogens is 1. The molecule has 0 saturated carbocycles. The number of thiazole rings is 1. The zero-order valence-corrected chi connectivity index (χ0v) is 11.8. The highest BCUT2D eigenvalue weighted by Crippen LogP contribution is 2.31. The fraction of sp³-hybridized carbons (Fsp3) is 0.444. The van der Waals surface area contributed by atoms with Crippen LogP contribution in [0, 0.1) is 0 Å². The fourth-order valence-corrected chi connectivity index (χ4v) is 2.17. The highest BCUT2D eigenvalue weighted by molar-refractivity contribution is 9.11. The van der Waals surface area contributed by atoms with Gasteiger partial charge >= 0.3 is 12.1 Å². The average molecular weight is 323 g/mol. The first kappa shape index (κ1) is 13.9. The molecule has 1 amide bonds. The molecule has 0 spiro atoms. The molecule has 0 bridgehead atoms. The molecule has 1 aromatic heterocycles. The molecule has 1 aromatic rings. The molecule has 17 heavy (non-hydrogen) atoms.